The van der Waals surface area contributed by atoms with Crippen molar-refractivity contribution in [3.63, 3.8) is 0 Å². The van der Waals surface area contributed by atoms with E-state index in [9.17, 15) is 0 Å². The van der Waals surface area contributed by atoms with Gasteiger partial charge in [0.15, 0.2) is 0 Å². The SMILES string of the molecule is OCCOc1ccccc1CNCc1ccc(-c2ccccc2)s1. The van der Waals surface area contributed by atoms with Crippen LogP contribution in [0.3, 0.4) is 0 Å². The molecule has 0 bridgehead atoms. The molecule has 0 atom stereocenters. The standard InChI is InChI=1S/C20H21NO2S/c22-12-13-23-19-9-5-4-8-17(19)14-21-15-18-10-11-20(24-18)16-6-2-1-3-7-16/h1-11,21-22H,12-15H2. The summed E-state index contributed by atoms with van der Waals surface area (Å²) in [4.78, 5) is 2.60. The number of hydrogen-bond acceptors (Lipinski definition) is 4. The molecular formula is C20H21NO2S. The lowest BCUT2D eigenvalue weighted by atomic mass is 10.2. The molecule has 3 aromatic rings. The normalized spacial score (nSPS) is 10.7. The van der Waals surface area contributed by atoms with Gasteiger partial charge in [-0.3, -0.25) is 0 Å². The lowest BCUT2D eigenvalue weighted by Crippen LogP contribution is -2.13. The van der Waals surface area contributed by atoms with Crippen LogP contribution in [0, 0.1) is 0 Å². The summed E-state index contributed by atoms with van der Waals surface area (Å²) in [7, 11) is 0. The van der Waals surface area contributed by atoms with Crippen LogP contribution in [0.4, 0.5) is 0 Å². The molecule has 0 aliphatic rings. The van der Waals surface area contributed by atoms with Crippen LogP contribution in [0.25, 0.3) is 10.4 Å². The minimum atomic E-state index is 0.0270. The number of rotatable bonds is 8. The van der Waals surface area contributed by atoms with E-state index in [2.05, 4.69) is 41.7 Å². The Balaban J connectivity index is 1.57. The zero-order valence-corrected chi connectivity index (χ0v) is 14.3. The monoisotopic (exact) mass is 339 g/mol. The van der Waals surface area contributed by atoms with Crippen molar-refractivity contribution in [2.24, 2.45) is 0 Å². The van der Waals surface area contributed by atoms with Gasteiger partial charge in [0.1, 0.15) is 12.4 Å². The van der Waals surface area contributed by atoms with Crippen LogP contribution in [0.2, 0.25) is 0 Å². The molecule has 0 unspecified atom stereocenters. The quantitative estimate of drug-likeness (QED) is 0.650. The Labute approximate surface area is 146 Å². The molecule has 0 aliphatic heterocycles. The van der Waals surface area contributed by atoms with E-state index in [1.54, 1.807) is 0 Å². The van der Waals surface area contributed by atoms with Gasteiger partial charge in [-0.25, -0.2) is 0 Å². The molecule has 0 radical (unpaired) electrons. The fourth-order valence-corrected chi connectivity index (χ4v) is 3.48. The van der Waals surface area contributed by atoms with Gasteiger partial charge in [-0.2, -0.15) is 0 Å². The fraction of sp³-hybridized carbons (Fsp3) is 0.200. The molecule has 4 heteroatoms. The predicted molar refractivity (Wildman–Crippen MR) is 99.3 cm³/mol. The second kappa shape index (κ2) is 8.64. The Morgan fingerprint density at radius 2 is 1.67 bits per heavy atom. The van der Waals surface area contributed by atoms with E-state index >= 15 is 0 Å². The number of para-hydroxylation sites is 1. The Morgan fingerprint density at radius 1 is 0.875 bits per heavy atom. The summed E-state index contributed by atoms with van der Waals surface area (Å²) in [6.07, 6.45) is 0. The Morgan fingerprint density at radius 3 is 2.50 bits per heavy atom. The Bertz CT molecular complexity index is 755. The Hall–Kier alpha value is -2.14. The summed E-state index contributed by atoms with van der Waals surface area (Å²) in [5.41, 5.74) is 2.36. The third kappa shape index (κ3) is 4.45. The molecular weight excluding hydrogens is 318 g/mol. The number of aliphatic hydroxyl groups excluding tert-OH is 1. The van der Waals surface area contributed by atoms with Gasteiger partial charge in [0.05, 0.1) is 6.61 Å². The lowest BCUT2D eigenvalue weighted by molar-refractivity contribution is 0.200. The van der Waals surface area contributed by atoms with Gasteiger partial charge in [-0.05, 0) is 23.8 Å². The van der Waals surface area contributed by atoms with Gasteiger partial charge < -0.3 is 15.2 Å². The molecule has 0 amide bonds. The topological polar surface area (TPSA) is 41.5 Å². The van der Waals surface area contributed by atoms with E-state index < -0.39 is 0 Å². The highest BCUT2D eigenvalue weighted by atomic mass is 32.1. The van der Waals surface area contributed by atoms with Gasteiger partial charge >= 0.3 is 0 Å². The maximum atomic E-state index is 8.90. The zero-order chi connectivity index (χ0) is 16.6. The number of ether oxygens (including phenoxy) is 1. The highest BCUT2D eigenvalue weighted by Gasteiger charge is 2.05. The average Bonchev–Trinajstić information content (AvgIpc) is 3.10. The first-order chi connectivity index (χ1) is 11.9. The van der Waals surface area contributed by atoms with Crippen molar-refractivity contribution >= 4 is 11.3 Å². The molecule has 1 heterocycles. The first-order valence-corrected chi connectivity index (χ1v) is 8.85. The third-order valence-electron chi connectivity index (χ3n) is 3.66. The van der Waals surface area contributed by atoms with E-state index in [0.29, 0.717) is 6.61 Å². The maximum Gasteiger partial charge on any atom is 0.123 e. The summed E-state index contributed by atoms with van der Waals surface area (Å²) < 4.78 is 5.56. The van der Waals surface area contributed by atoms with Crippen LogP contribution in [0.15, 0.2) is 66.7 Å². The lowest BCUT2D eigenvalue weighted by Gasteiger charge is -2.11. The molecule has 124 valence electrons. The van der Waals surface area contributed by atoms with Gasteiger partial charge in [0, 0.05) is 28.4 Å². The number of aliphatic hydroxyl groups is 1. The van der Waals surface area contributed by atoms with Crippen molar-refractivity contribution in [2.75, 3.05) is 13.2 Å². The highest BCUT2D eigenvalue weighted by Crippen LogP contribution is 2.28. The fourth-order valence-electron chi connectivity index (χ4n) is 2.50. The zero-order valence-electron chi connectivity index (χ0n) is 13.4. The van der Waals surface area contributed by atoms with Crippen LogP contribution < -0.4 is 10.1 Å². The molecule has 1 aromatic heterocycles. The summed E-state index contributed by atoms with van der Waals surface area (Å²) in [6, 6.07) is 22.7. The first-order valence-electron chi connectivity index (χ1n) is 8.03. The van der Waals surface area contributed by atoms with Crippen molar-refractivity contribution in [3.05, 3.63) is 77.2 Å². The van der Waals surface area contributed by atoms with Crippen molar-refractivity contribution in [1.29, 1.82) is 0 Å². The largest absolute Gasteiger partial charge is 0.491 e. The molecule has 3 nitrogen and oxygen atoms in total. The summed E-state index contributed by atoms with van der Waals surface area (Å²) >= 11 is 1.81. The minimum absolute atomic E-state index is 0.0270. The van der Waals surface area contributed by atoms with Crippen molar-refractivity contribution < 1.29 is 9.84 Å². The molecule has 0 fully saturated rings. The number of nitrogens with one attached hydrogen (secondary N) is 1. The van der Waals surface area contributed by atoms with E-state index in [1.807, 2.05) is 41.7 Å². The molecule has 0 saturated carbocycles. The van der Waals surface area contributed by atoms with Gasteiger partial charge in [-0.1, -0.05) is 48.5 Å². The van der Waals surface area contributed by atoms with Gasteiger partial charge in [0.25, 0.3) is 0 Å². The van der Waals surface area contributed by atoms with Crippen molar-refractivity contribution in [2.45, 2.75) is 13.1 Å². The van der Waals surface area contributed by atoms with E-state index in [1.165, 1.54) is 15.3 Å². The molecule has 2 N–H and O–H groups in total. The van der Waals surface area contributed by atoms with Crippen molar-refractivity contribution in [3.8, 4) is 16.2 Å². The smallest absolute Gasteiger partial charge is 0.123 e. The summed E-state index contributed by atoms with van der Waals surface area (Å²) in [5, 5.41) is 12.4. The summed E-state index contributed by atoms with van der Waals surface area (Å²) in [6.45, 7) is 1.91. The molecule has 0 aliphatic carbocycles. The van der Waals surface area contributed by atoms with Gasteiger partial charge in [-0.15, -0.1) is 11.3 Å². The van der Waals surface area contributed by atoms with Crippen molar-refractivity contribution in [1.82, 2.24) is 5.32 Å². The van der Waals surface area contributed by atoms with E-state index in [4.69, 9.17) is 9.84 Å². The second-order valence-electron chi connectivity index (χ2n) is 5.42. The summed E-state index contributed by atoms with van der Waals surface area (Å²) in [5.74, 6) is 0.829. The molecule has 0 saturated heterocycles. The Kier molecular flexibility index (Phi) is 6.01. The van der Waals surface area contributed by atoms with Crippen LogP contribution >= 0.6 is 11.3 Å². The number of hydrogen-bond donors (Lipinski definition) is 2. The molecule has 0 spiro atoms. The van der Waals surface area contributed by atoms with Crippen LogP contribution in [0.1, 0.15) is 10.4 Å². The van der Waals surface area contributed by atoms with Crippen LogP contribution in [0.5, 0.6) is 5.75 Å². The number of benzene rings is 2. The first kappa shape index (κ1) is 16.7. The van der Waals surface area contributed by atoms with Gasteiger partial charge in [0.2, 0.25) is 0 Å². The maximum absolute atomic E-state index is 8.90. The van der Waals surface area contributed by atoms with E-state index in [-0.39, 0.29) is 6.61 Å². The predicted octanol–water partition coefficient (Wildman–Crippen LogP) is 4.08. The van der Waals surface area contributed by atoms with Crippen LogP contribution in [-0.2, 0) is 13.1 Å². The molecule has 3 rings (SSSR count). The minimum Gasteiger partial charge on any atom is -0.491 e. The average molecular weight is 339 g/mol. The second-order valence-corrected chi connectivity index (χ2v) is 6.58. The third-order valence-corrected chi connectivity index (χ3v) is 4.79. The highest BCUT2D eigenvalue weighted by molar-refractivity contribution is 7.15. The van der Waals surface area contributed by atoms with E-state index in [0.717, 1.165) is 24.4 Å². The molecule has 2 aromatic carbocycles. The number of thiophene rings is 1. The molecule has 24 heavy (non-hydrogen) atoms. The van der Waals surface area contributed by atoms with Crippen LogP contribution in [-0.4, -0.2) is 18.3 Å².